The van der Waals surface area contributed by atoms with Crippen molar-refractivity contribution >= 4 is 17.3 Å². The molecule has 1 unspecified atom stereocenters. The summed E-state index contributed by atoms with van der Waals surface area (Å²) in [6.45, 7) is 2.66. The van der Waals surface area contributed by atoms with Crippen molar-refractivity contribution in [2.45, 2.75) is 19.5 Å². The number of hydrogen-bond donors (Lipinski definition) is 2. The Hall–Kier alpha value is -2.60. The molecule has 0 aliphatic carbocycles. The third-order valence-electron chi connectivity index (χ3n) is 3.56. The molecular weight excluding hydrogens is 320 g/mol. The van der Waals surface area contributed by atoms with Gasteiger partial charge in [0.25, 0.3) is 0 Å². The molecule has 0 saturated carbocycles. The molecule has 3 rings (SSSR count). The van der Waals surface area contributed by atoms with Gasteiger partial charge in [-0.3, -0.25) is 4.99 Å². The van der Waals surface area contributed by atoms with Gasteiger partial charge < -0.3 is 15.1 Å². The first kappa shape index (κ1) is 16.3. The normalized spacial score (nSPS) is 12.8. The first-order valence-corrected chi connectivity index (χ1v) is 8.64. The monoisotopic (exact) mass is 340 g/mol. The van der Waals surface area contributed by atoms with Crippen LogP contribution < -0.4 is 10.6 Å². The summed E-state index contributed by atoms with van der Waals surface area (Å²) in [5.74, 6) is 1.36. The van der Waals surface area contributed by atoms with E-state index in [0.717, 1.165) is 17.2 Å². The molecule has 1 atom stereocenters. The summed E-state index contributed by atoms with van der Waals surface area (Å²) in [7, 11) is 1.76. The van der Waals surface area contributed by atoms with E-state index >= 15 is 0 Å². The zero-order chi connectivity index (χ0) is 16.8. The third kappa shape index (κ3) is 4.02. The Balaban J connectivity index is 1.57. The van der Waals surface area contributed by atoms with Crippen LogP contribution in [0.5, 0.6) is 0 Å². The number of aliphatic imine (C=N–C) groups is 1. The van der Waals surface area contributed by atoms with Gasteiger partial charge >= 0.3 is 0 Å². The Morgan fingerprint density at radius 3 is 2.79 bits per heavy atom. The third-order valence-corrected chi connectivity index (χ3v) is 4.61. The highest BCUT2D eigenvalue weighted by atomic mass is 32.1. The van der Waals surface area contributed by atoms with Gasteiger partial charge in [-0.1, -0.05) is 24.3 Å². The van der Waals surface area contributed by atoms with Crippen molar-refractivity contribution in [2.75, 3.05) is 7.05 Å². The number of aromatic nitrogens is 1. The van der Waals surface area contributed by atoms with Crippen molar-refractivity contribution in [3.8, 4) is 11.5 Å². The molecule has 0 amide bonds. The number of thiophene rings is 1. The molecule has 5 nitrogen and oxygen atoms in total. The molecule has 3 aromatic rings. The topological polar surface area (TPSA) is 62.5 Å². The van der Waals surface area contributed by atoms with Gasteiger partial charge in [0.2, 0.25) is 5.89 Å². The van der Waals surface area contributed by atoms with E-state index in [1.807, 2.05) is 30.3 Å². The predicted molar refractivity (Wildman–Crippen MR) is 98.0 cm³/mol. The molecule has 124 valence electrons. The minimum absolute atomic E-state index is 0.202. The lowest BCUT2D eigenvalue weighted by molar-refractivity contribution is 0.572. The Labute approximate surface area is 145 Å². The number of guanidine groups is 1. The second-order valence-corrected chi connectivity index (χ2v) is 6.30. The summed E-state index contributed by atoms with van der Waals surface area (Å²) in [6.07, 6.45) is 1.67. The smallest absolute Gasteiger partial charge is 0.226 e. The first-order chi connectivity index (χ1) is 11.8. The number of rotatable bonds is 5. The van der Waals surface area contributed by atoms with Gasteiger partial charge in [-0.05, 0) is 30.5 Å². The van der Waals surface area contributed by atoms with Gasteiger partial charge in [-0.15, -0.1) is 11.3 Å². The fourth-order valence-corrected chi connectivity index (χ4v) is 3.02. The Morgan fingerprint density at radius 1 is 1.25 bits per heavy atom. The van der Waals surface area contributed by atoms with E-state index in [4.69, 9.17) is 4.42 Å². The van der Waals surface area contributed by atoms with Gasteiger partial charge in [-0.25, -0.2) is 4.98 Å². The van der Waals surface area contributed by atoms with Crippen LogP contribution in [0.25, 0.3) is 11.5 Å². The van der Waals surface area contributed by atoms with Crippen molar-refractivity contribution < 1.29 is 4.42 Å². The van der Waals surface area contributed by atoms with Crippen LogP contribution in [0.1, 0.15) is 23.5 Å². The van der Waals surface area contributed by atoms with Gasteiger partial charge in [0.1, 0.15) is 6.26 Å². The van der Waals surface area contributed by atoms with E-state index in [2.05, 4.69) is 45.0 Å². The van der Waals surface area contributed by atoms with Gasteiger partial charge in [0, 0.05) is 17.5 Å². The minimum Gasteiger partial charge on any atom is -0.444 e. The SMILES string of the molecule is CN=C(NCc1coc(-c2ccccc2)n1)NC(C)c1cccs1. The maximum atomic E-state index is 5.55. The van der Waals surface area contributed by atoms with Crippen LogP contribution in [0.2, 0.25) is 0 Å². The maximum absolute atomic E-state index is 5.55. The van der Waals surface area contributed by atoms with Crippen LogP contribution >= 0.6 is 11.3 Å². The average Bonchev–Trinajstić information content (AvgIpc) is 3.31. The zero-order valence-electron chi connectivity index (χ0n) is 13.7. The van der Waals surface area contributed by atoms with E-state index in [9.17, 15) is 0 Å². The predicted octanol–water partition coefficient (Wildman–Crippen LogP) is 3.83. The second-order valence-electron chi connectivity index (χ2n) is 5.32. The van der Waals surface area contributed by atoms with Crippen LogP contribution in [0.4, 0.5) is 0 Å². The molecule has 2 heterocycles. The standard InChI is InChI=1S/C18H20N4OS/c1-13(16-9-6-10-24-16)21-18(19-2)20-11-15-12-23-17(22-15)14-7-4-3-5-8-14/h3-10,12-13H,11H2,1-2H3,(H2,19,20,21). The van der Waals surface area contributed by atoms with Crippen molar-refractivity contribution in [2.24, 2.45) is 4.99 Å². The fourth-order valence-electron chi connectivity index (χ4n) is 2.28. The van der Waals surface area contributed by atoms with E-state index in [1.54, 1.807) is 24.6 Å². The molecule has 0 aliphatic heterocycles. The highest BCUT2D eigenvalue weighted by molar-refractivity contribution is 7.10. The number of benzene rings is 1. The lowest BCUT2D eigenvalue weighted by Gasteiger charge is -2.16. The zero-order valence-corrected chi connectivity index (χ0v) is 14.5. The summed E-state index contributed by atoms with van der Waals surface area (Å²) in [4.78, 5) is 10.0. The lowest BCUT2D eigenvalue weighted by Crippen LogP contribution is -2.38. The number of hydrogen-bond acceptors (Lipinski definition) is 4. The summed E-state index contributed by atoms with van der Waals surface area (Å²) in [5, 5.41) is 8.71. The molecule has 6 heteroatoms. The number of nitrogens with one attached hydrogen (secondary N) is 2. The molecule has 1 aromatic carbocycles. The van der Waals surface area contributed by atoms with E-state index in [-0.39, 0.29) is 6.04 Å². The molecule has 2 aromatic heterocycles. The second kappa shape index (κ2) is 7.79. The number of oxazole rings is 1. The summed E-state index contributed by atoms with van der Waals surface area (Å²) >= 11 is 1.73. The molecule has 2 N–H and O–H groups in total. The molecule has 24 heavy (non-hydrogen) atoms. The van der Waals surface area contributed by atoms with Crippen molar-refractivity contribution in [3.05, 3.63) is 64.7 Å². The summed E-state index contributed by atoms with van der Waals surface area (Å²) < 4.78 is 5.55. The maximum Gasteiger partial charge on any atom is 0.226 e. The Kier molecular flexibility index (Phi) is 5.28. The van der Waals surface area contributed by atoms with E-state index in [0.29, 0.717) is 12.4 Å². The van der Waals surface area contributed by atoms with E-state index < -0.39 is 0 Å². The van der Waals surface area contributed by atoms with Crippen LogP contribution in [0, 0.1) is 0 Å². The first-order valence-electron chi connectivity index (χ1n) is 7.76. The fraction of sp³-hybridized carbons (Fsp3) is 0.222. The highest BCUT2D eigenvalue weighted by Crippen LogP contribution is 2.19. The minimum atomic E-state index is 0.202. The average molecular weight is 340 g/mol. The molecule has 0 aliphatic rings. The number of nitrogens with zero attached hydrogens (tertiary/aromatic N) is 2. The van der Waals surface area contributed by atoms with Crippen molar-refractivity contribution in [1.29, 1.82) is 0 Å². The van der Waals surface area contributed by atoms with Gasteiger partial charge in [0.05, 0.1) is 18.3 Å². The van der Waals surface area contributed by atoms with Gasteiger partial charge in [-0.2, -0.15) is 0 Å². The Bertz CT molecular complexity index is 780. The molecule has 0 bridgehead atoms. The molecular formula is C18H20N4OS. The summed E-state index contributed by atoms with van der Waals surface area (Å²) in [5.41, 5.74) is 1.80. The summed E-state index contributed by atoms with van der Waals surface area (Å²) in [6, 6.07) is 14.2. The van der Waals surface area contributed by atoms with Crippen molar-refractivity contribution in [3.63, 3.8) is 0 Å². The van der Waals surface area contributed by atoms with Crippen molar-refractivity contribution in [1.82, 2.24) is 15.6 Å². The van der Waals surface area contributed by atoms with E-state index in [1.165, 1.54) is 4.88 Å². The van der Waals surface area contributed by atoms with Crippen LogP contribution in [-0.2, 0) is 6.54 Å². The molecule has 0 fully saturated rings. The van der Waals surface area contributed by atoms with Crippen LogP contribution in [-0.4, -0.2) is 18.0 Å². The lowest BCUT2D eigenvalue weighted by atomic mass is 10.2. The largest absolute Gasteiger partial charge is 0.444 e. The Morgan fingerprint density at radius 2 is 2.08 bits per heavy atom. The van der Waals surface area contributed by atoms with Gasteiger partial charge in [0.15, 0.2) is 5.96 Å². The molecule has 0 radical (unpaired) electrons. The molecule has 0 saturated heterocycles. The quantitative estimate of drug-likeness (QED) is 0.547. The van der Waals surface area contributed by atoms with Crippen LogP contribution in [0.3, 0.4) is 0 Å². The van der Waals surface area contributed by atoms with Crippen LogP contribution in [0.15, 0.2) is 63.5 Å². The highest BCUT2D eigenvalue weighted by Gasteiger charge is 2.10. The molecule has 0 spiro atoms.